The number of rotatable bonds is 3. The second-order valence-corrected chi connectivity index (χ2v) is 7.45. The number of nitrogens with zero attached hydrogens (tertiary/aromatic N) is 5. The van der Waals surface area contributed by atoms with Gasteiger partial charge in [0.05, 0.1) is 31.5 Å². The fraction of sp³-hybridized carbons (Fsp3) is 0.526. The molecule has 2 aliphatic heterocycles. The molecule has 1 fully saturated rings. The Balaban J connectivity index is 1.79. The summed E-state index contributed by atoms with van der Waals surface area (Å²) in [6.45, 7) is 2.82. The van der Waals surface area contributed by atoms with Gasteiger partial charge in [-0.2, -0.15) is 22.5 Å². The number of morpholine rings is 1. The fourth-order valence-corrected chi connectivity index (χ4v) is 3.91. The van der Waals surface area contributed by atoms with Crippen molar-refractivity contribution in [3.05, 3.63) is 46.3 Å². The number of hydrogen-bond donors (Lipinski definition) is 0. The van der Waals surface area contributed by atoms with Crippen LogP contribution < -0.4 is 15.4 Å². The molecule has 4 heterocycles. The summed E-state index contributed by atoms with van der Waals surface area (Å²) in [6, 6.07) is 3.37. The summed E-state index contributed by atoms with van der Waals surface area (Å²) in [5, 5.41) is 0. The monoisotopic (exact) mass is 427 g/mol. The van der Waals surface area contributed by atoms with Gasteiger partial charge in [-0.1, -0.05) is 6.07 Å². The van der Waals surface area contributed by atoms with Gasteiger partial charge >= 0.3 is 6.18 Å². The molecule has 7 nitrogen and oxygen atoms in total. The molecule has 0 radical (unpaired) electrons. The van der Waals surface area contributed by atoms with Crippen molar-refractivity contribution in [2.24, 2.45) is 0 Å². The van der Waals surface area contributed by atoms with E-state index in [-0.39, 0.29) is 37.2 Å². The number of alkyl halides is 3. The van der Waals surface area contributed by atoms with Gasteiger partial charge in [0, 0.05) is 19.2 Å². The Morgan fingerprint density at radius 3 is 2.73 bits per heavy atom. The number of pyridine rings is 1. The summed E-state index contributed by atoms with van der Waals surface area (Å²) in [5.74, 6) is -0.563. The zero-order chi connectivity index (χ0) is 21.5. The molecule has 162 valence electrons. The van der Waals surface area contributed by atoms with Crippen LogP contribution in [-0.2, 0) is 17.8 Å². The molecule has 0 unspecified atom stereocenters. The summed E-state index contributed by atoms with van der Waals surface area (Å²) in [6.07, 6.45) is -4.85. The third kappa shape index (κ3) is 3.98. The minimum atomic E-state index is -4.54. The van der Waals surface area contributed by atoms with E-state index < -0.39 is 23.7 Å². The van der Waals surface area contributed by atoms with Crippen LogP contribution in [0, 0.1) is 5.95 Å². The quantitative estimate of drug-likeness (QED) is 0.554. The van der Waals surface area contributed by atoms with E-state index in [2.05, 4.69) is 9.97 Å². The van der Waals surface area contributed by atoms with Crippen LogP contribution in [0.1, 0.15) is 19.0 Å². The molecule has 0 aliphatic carbocycles. The first-order valence-corrected chi connectivity index (χ1v) is 9.65. The van der Waals surface area contributed by atoms with E-state index in [1.807, 2.05) is 11.8 Å². The molecule has 0 saturated carbocycles. The molecule has 2 aliphatic rings. The van der Waals surface area contributed by atoms with E-state index in [0.717, 1.165) is 11.0 Å². The Kier molecular flexibility index (Phi) is 5.39. The smallest absolute Gasteiger partial charge is 0.377 e. The second kappa shape index (κ2) is 7.86. The number of halogens is 4. The first-order chi connectivity index (χ1) is 14.2. The molecule has 2 atom stereocenters. The van der Waals surface area contributed by atoms with Crippen molar-refractivity contribution < 1.29 is 22.3 Å². The molecule has 30 heavy (non-hydrogen) atoms. The lowest BCUT2D eigenvalue weighted by molar-refractivity contribution is -0.153. The van der Waals surface area contributed by atoms with Crippen LogP contribution in [-0.4, -0.2) is 52.6 Å². The molecule has 0 bridgehead atoms. The van der Waals surface area contributed by atoms with Gasteiger partial charge in [0.1, 0.15) is 11.9 Å². The highest BCUT2D eigenvalue weighted by atomic mass is 19.4. The summed E-state index contributed by atoms with van der Waals surface area (Å²) in [4.78, 5) is 23.7. The number of fused-ring (bicyclic) bond motifs is 1. The third-order valence-electron chi connectivity index (χ3n) is 5.38. The summed E-state index contributed by atoms with van der Waals surface area (Å²) >= 11 is 0. The summed E-state index contributed by atoms with van der Waals surface area (Å²) in [5.41, 5.74) is -0.302. The van der Waals surface area contributed by atoms with Crippen LogP contribution in [0.5, 0.6) is 0 Å². The largest absolute Gasteiger partial charge is 0.408 e. The van der Waals surface area contributed by atoms with E-state index in [4.69, 9.17) is 4.74 Å². The fourth-order valence-electron chi connectivity index (χ4n) is 3.91. The minimum Gasteiger partial charge on any atom is -0.377 e. The van der Waals surface area contributed by atoms with Gasteiger partial charge in [-0.3, -0.25) is 9.36 Å². The molecule has 4 rings (SSSR count). The average Bonchev–Trinajstić information content (AvgIpc) is 2.68. The molecule has 2 aromatic rings. The standard InChI is InChI=1S/C19H21F4N5O2/c1-12-11-30-8-7-26(12)16-9-17(29)27-6-5-14(19(21,22)23)28(18(27)25-16)10-13-3-2-4-15(20)24-13/h2-4,9,12,14H,5-8,10-11H2,1H3/t12-,14+/m1/s1. The maximum atomic E-state index is 13.8. The molecule has 2 aromatic heterocycles. The van der Waals surface area contributed by atoms with Crippen molar-refractivity contribution in [2.75, 3.05) is 29.6 Å². The van der Waals surface area contributed by atoms with E-state index in [1.54, 1.807) is 0 Å². The van der Waals surface area contributed by atoms with Gasteiger partial charge in [-0.25, -0.2) is 4.98 Å². The lowest BCUT2D eigenvalue weighted by Crippen LogP contribution is -2.52. The van der Waals surface area contributed by atoms with E-state index in [1.165, 1.54) is 22.8 Å². The normalized spacial score (nSPS) is 22.2. The van der Waals surface area contributed by atoms with Gasteiger partial charge in [0.2, 0.25) is 11.9 Å². The zero-order valence-electron chi connectivity index (χ0n) is 16.3. The van der Waals surface area contributed by atoms with Gasteiger partial charge in [-0.15, -0.1) is 0 Å². The van der Waals surface area contributed by atoms with Gasteiger partial charge in [-0.05, 0) is 25.5 Å². The van der Waals surface area contributed by atoms with Crippen molar-refractivity contribution in [3.8, 4) is 0 Å². The van der Waals surface area contributed by atoms with Crippen LogP contribution in [0.15, 0.2) is 29.1 Å². The lowest BCUT2D eigenvalue weighted by Gasteiger charge is -2.40. The maximum absolute atomic E-state index is 13.8. The Labute approximate surface area is 169 Å². The summed E-state index contributed by atoms with van der Waals surface area (Å²) in [7, 11) is 0. The SMILES string of the molecule is C[C@@H]1COCCN1c1cc(=O)n2c(n1)N(Cc1cccc(F)n1)[C@H](C(F)(F)F)CC2. The summed E-state index contributed by atoms with van der Waals surface area (Å²) < 4.78 is 61.6. The average molecular weight is 427 g/mol. The highest BCUT2D eigenvalue weighted by Crippen LogP contribution is 2.35. The minimum absolute atomic E-state index is 0.0750. The van der Waals surface area contributed by atoms with Crippen LogP contribution in [0.25, 0.3) is 0 Å². The first-order valence-electron chi connectivity index (χ1n) is 9.65. The highest BCUT2D eigenvalue weighted by molar-refractivity contribution is 5.47. The molecular formula is C19H21F4N5O2. The van der Waals surface area contributed by atoms with E-state index >= 15 is 0 Å². The Bertz CT molecular complexity index is 980. The predicted molar refractivity (Wildman–Crippen MR) is 101 cm³/mol. The molecular weight excluding hydrogens is 406 g/mol. The van der Waals surface area contributed by atoms with Gasteiger partial charge < -0.3 is 14.5 Å². The Morgan fingerprint density at radius 2 is 2.03 bits per heavy atom. The number of aromatic nitrogens is 3. The Morgan fingerprint density at radius 1 is 1.23 bits per heavy atom. The topological polar surface area (TPSA) is 63.5 Å². The van der Waals surface area contributed by atoms with Crippen molar-refractivity contribution >= 4 is 11.8 Å². The molecule has 0 amide bonds. The van der Waals surface area contributed by atoms with Crippen molar-refractivity contribution in [3.63, 3.8) is 0 Å². The number of anilines is 2. The van der Waals surface area contributed by atoms with Crippen molar-refractivity contribution in [1.29, 1.82) is 0 Å². The molecule has 1 saturated heterocycles. The zero-order valence-corrected chi connectivity index (χ0v) is 16.3. The lowest BCUT2D eigenvalue weighted by atomic mass is 10.1. The second-order valence-electron chi connectivity index (χ2n) is 7.45. The van der Waals surface area contributed by atoms with Crippen molar-refractivity contribution in [2.45, 2.75) is 44.7 Å². The van der Waals surface area contributed by atoms with Crippen LogP contribution >= 0.6 is 0 Å². The maximum Gasteiger partial charge on any atom is 0.408 e. The number of ether oxygens (including phenoxy) is 1. The molecule has 0 aromatic carbocycles. The molecule has 11 heteroatoms. The first kappa shape index (κ1) is 20.6. The molecule has 0 N–H and O–H groups in total. The van der Waals surface area contributed by atoms with E-state index in [9.17, 15) is 22.4 Å². The Hall–Kier alpha value is -2.69. The van der Waals surface area contributed by atoms with E-state index in [0.29, 0.717) is 25.6 Å². The van der Waals surface area contributed by atoms with Crippen LogP contribution in [0.2, 0.25) is 0 Å². The molecule has 0 spiro atoms. The predicted octanol–water partition coefficient (Wildman–Crippen LogP) is 2.34. The van der Waals surface area contributed by atoms with Crippen LogP contribution in [0.4, 0.5) is 29.3 Å². The third-order valence-corrected chi connectivity index (χ3v) is 5.38. The van der Waals surface area contributed by atoms with Gasteiger partial charge in [0.15, 0.2) is 0 Å². The highest BCUT2D eigenvalue weighted by Gasteiger charge is 2.47. The van der Waals surface area contributed by atoms with Crippen LogP contribution in [0.3, 0.4) is 0 Å². The van der Waals surface area contributed by atoms with Gasteiger partial charge in [0.25, 0.3) is 5.56 Å². The van der Waals surface area contributed by atoms with Crippen molar-refractivity contribution in [1.82, 2.24) is 14.5 Å². The number of hydrogen-bond acceptors (Lipinski definition) is 6.